The quantitative estimate of drug-likeness (QED) is 0.0717. The summed E-state index contributed by atoms with van der Waals surface area (Å²) in [6.45, 7) is 10.2. The van der Waals surface area contributed by atoms with E-state index in [0.717, 1.165) is 13.1 Å². The Morgan fingerprint density at radius 3 is 1.82 bits per heavy atom. The Morgan fingerprint density at radius 2 is 1.34 bits per heavy atom. The average Bonchev–Trinajstić information content (AvgIpc) is 3.30. The minimum absolute atomic E-state index is 0. The standard InChI is InChI=1S/C11H20N2.C8H10N.2C4H9.F5P.FH.Sn/c1-3-5-6-7-8-13-10-9-12(4-2)11-13;1-9-7-8-5-3-2-4-6-8;2*1-3-4-2;1-6(2,3,4)5;;/h9-11H,1,3-8H2,2H3;3-6,9H,7H2,1H3;2*1,3-4H2,2H3;;1H;/q+1;;;;;;/p-1. The van der Waals surface area contributed by atoms with Crippen molar-refractivity contribution < 1.29 is 30.3 Å². The number of unbranched alkanes of at least 4 members (excludes halogenated alkanes) is 5. The van der Waals surface area contributed by atoms with E-state index in [4.69, 9.17) is 0 Å². The second-order valence-corrected chi connectivity index (χ2v) is 24.5. The molecule has 0 spiro atoms. The molecule has 0 aliphatic heterocycles. The van der Waals surface area contributed by atoms with Crippen LogP contribution in [-0.4, -0.2) is 30.0 Å². The Bertz CT molecular complexity index is 847. The van der Waals surface area contributed by atoms with Crippen LogP contribution < -0.4 is 18.2 Å². The normalized spacial score (nSPS) is 12.7. The number of rotatable bonds is 17. The number of hydrogen-bond donors (Lipinski definition) is 1. The van der Waals surface area contributed by atoms with Crippen LogP contribution in [0.1, 0.15) is 77.7 Å². The summed E-state index contributed by atoms with van der Waals surface area (Å²) >= 11 is -2.33. The van der Waals surface area contributed by atoms with E-state index in [0.29, 0.717) is 0 Å². The third-order valence-corrected chi connectivity index (χ3v) is 22.6. The Labute approximate surface area is 230 Å². The van der Waals surface area contributed by atoms with Crippen LogP contribution >= 0.6 is 8.16 Å². The summed E-state index contributed by atoms with van der Waals surface area (Å²) in [5.41, 5.74) is 1.42. The molecule has 3 nitrogen and oxygen atoms in total. The van der Waals surface area contributed by atoms with Crippen molar-refractivity contribution in [2.75, 3.05) is 7.05 Å². The largest absolute Gasteiger partial charge is 1.00 e. The van der Waals surface area contributed by atoms with Gasteiger partial charge in [0.05, 0.1) is 0 Å². The van der Waals surface area contributed by atoms with Gasteiger partial charge in [0.1, 0.15) is 0 Å². The second kappa shape index (κ2) is 18.5. The summed E-state index contributed by atoms with van der Waals surface area (Å²) in [7, 11) is -6.51. The summed E-state index contributed by atoms with van der Waals surface area (Å²) in [6, 6.07) is 9.86. The van der Waals surface area contributed by atoms with Crippen LogP contribution in [0.4, 0.5) is 21.0 Å². The predicted octanol–water partition coefficient (Wildman–Crippen LogP) is 6.00. The Morgan fingerprint density at radius 1 is 0.816 bits per heavy atom. The molecule has 222 valence electrons. The van der Waals surface area contributed by atoms with E-state index in [1.54, 1.807) is 16.9 Å². The van der Waals surface area contributed by atoms with E-state index >= 15 is 0 Å². The van der Waals surface area contributed by atoms with Crippen LogP contribution in [-0.2, 0) is 19.6 Å². The predicted molar refractivity (Wildman–Crippen MR) is 150 cm³/mol. The van der Waals surface area contributed by atoms with Crippen LogP contribution in [0.15, 0.2) is 43.0 Å². The van der Waals surface area contributed by atoms with Crippen molar-refractivity contribution in [1.29, 1.82) is 0 Å². The van der Waals surface area contributed by atoms with Crippen molar-refractivity contribution in [3.8, 4) is 0 Å². The van der Waals surface area contributed by atoms with Crippen LogP contribution in [0.2, 0.25) is 13.3 Å². The van der Waals surface area contributed by atoms with E-state index < -0.39 is 26.5 Å². The van der Waals surface area contributed by atoms with Gasteiger partial charge >= 0.3 is 226 Å². The van der Waals surface area contributed by atoms with E-state index in [9.17, 15) is 21.0 Å². The average molecular weight is 678 g/mol. The minimum atomic E-state index is -8.55. The fourth-order valence-corrected chi connectivity index (χ4v) is 20.5. The molecule has 1 N–H and O–H groups in total. The number of nitrogens with one attached hydrogen (secondary N) is 1. The molecule has 0 radical (unpaired) electrons. The third kappa shape index (κ3) is 17.0. The van der Waals surface area contributed by atoms with Crippen LogP contribution in [0.3, 0.4) is 0 Å². The molecule has 0 saturated carbocycles. The van der Waals surface area contributed by atoms with Crippen LogP contribution in [0, 0.1) is 0 Å². The van der Waals surface area contributed by atoms with Crippen molar-refractivity contribution in [3.63, 3.8) is 0 Å². The fourth-order valence-electron chi connectivity index (χ4n) is 4.89. The first-order valence-electron chi connectivity index (χ1n) is 13.8. The smallest absolute Gasteiger partial charge is 1.00 e. The van der Waals surface area contributed by atoms with Crippen molar-refractivity contribution in [3.05, 3.63) is 48.5 Å². The van der Waals surface area contributed by atoms with Gasteiger partial charge in [-0.15, -0.1) is 0 Å². The van der Waals surface area contributed by atoms with E-state index in [2.05, 4.69) is 78.2 Å². The zero-order valence-corrected chi connectivity index (χ0v) is 27.3. The Balaban J connectivity index is 0.00000175. The molecule has 0 aliphatic carbocycles. The van der Waals surface area contributed by atoms with Gasteiger partial charge in [-0.3, -0.25) is 0 Å². The van der Waals surface area contributed by atoms with Crippen molar-refractivity contribution in [2.45, 2.75) is 105 Å². The molecule has 1 heterocycles. The number of nitrogens with zero attached hydrogens (tertiary/aromatic N) is 2. The molecule has 0 bridgehead atoms. The van der Waals surface area contributed by atoms with Gasteiger partial charge in [-0.2, -0.15) is 0 Å². The molecule has 0 fully saturated rings. The summed E-state index contributed by atoms with van der Waals surface area (Å²) in [5, 5.41) is 3.30. The van der Waals surface area contributed by atoms with E-state index in [1.807, 2.05) is 7.05 Å². The van der Waals surface area contributed by atoms with Crippen LogP contribution in [0.25, 0.3) is 0 Å². The molecule has 0 saturated heterocycles. The number of aryl methyl sites for hydroxylation is 2. The van der Waals surface area contributed by atoms with Crippen molar-refractivity contribution in [1.82, 2.24) is 9.88 Å². The number of aromatic nitrogens is 2. The second-order valence-electron chi connectivity index (χ2n) is 10.00. The molecule has 2 rings (SSSR count). The SMILES string of the molecule is CCC[CH2][Sn]([CH2]CCC)([CH2]CCCCC[n+]1ccn(CC)c1)[c]1ccc(CNC)cc1.FP(F)(F)(F)F.[F-]. The van der Waals surface area contributed by atoms with Gasteiger partial charge in [0.2, 0.25) is 0 Å². The van der Waals surface area contributed by atoms with Crippen molar-refractivity contribution >= 4 is 30.1 Å². The van der Waals surface area contributed by atoms with Gasteiger partial charge in [0.25, 0.3) is 0 Å². The first-order chi connectivity index (χ1) is 17.4. The third-order valence-electron chi connectivity index (χ3n) is 6.90. The molecular weight excluding hydrogens is 630 g/mol. The maximum atomic E-state index is 9.84. The van der Waals surface area contributed by atoms with Gasteiger partial charge in [-0.1, -0.05) is 0 Å². The molecule has 1 aromatic heterocycles. The van der Waals surface area contributed by atoms with Gasteiger partial charge in [-0.05, 0) is 0 Å². The Kier molecular flexibility index (Phi) is 18.1. The molecule has 2 aromatic rings. The molecule has 11 heteroatoms. The molecule has 0 aliphatic rings. The van der Waals surface area contributed by atoms with Gasteiger partial charge < -0.3 is 4.70 Å². The zero-order chi connectivity index (χ0) is 27.8. The van der Waals surface area contributed by atoms with Gasteiger partial charge in [0.15, 0.2) is 0 Å². The van der Waals surface area contributed by atoms with E-state index in [1.165, 1.54) is 63.5 Å². The monoisotopic (exact) mass is 679 g/mol. The van der Waals surface area contributed by atoms with Crippen LogP contribution in [0.5, 0.6) is 0 Å². The summed E-state index contributed by atoms with van der Waals surface area (Å²) in [4.78, 5) is 0. The molecule has 0 amide bonds. The first-order valence-corrected chi connectivity index (χ1v) is 23.0. The maximum absolute atomic E-state index is 9.84. The molecule has 38 heavy (non-hydrogen) atoms. The van der Waals surface area contributed by atoms with Gasteiger partial charge in [0, 0.05) is 0 Å². The summed E-state index contributed by atoms with van der Waals surface area (Å²) in [5.74, 6) is 0. The number of hydrogen-bond acceptors (Lipinski definition) is 1. The zero-order valence-electron chi connectivity index (χ0n) is 23.6. The topological polar surface area (TPSA) is 20.8 Å². The number of halogens is 6. The number of imidazole rings is 1. The van der Waals surface area contributed by atoms with Crippen molar-refractivity contribution in [2.24, 2.45) is 0 Å². The maximum Gasteiger partial charge on any atom is -1.00 e. The van der Waals surface area contributed by atoms with Gasteiger partial charge in [-0.25, -0.2) is 0 Å². The minimum Gasteiger partial charge on any atom is -1.00 e. The molecule has 1 aromatic carbocycles. The Hall–Kier alpha value is -0.801. The summed E-state index contributed by atoms with van der Waals surface area (Å²) < 4.78 is 60.3. The first kappa shape index (κ1) is 37.2. The fraction of sp³-hybridized carbons (Fsp3) is 0.667. The molecule has 0 unspecified atom stereocenters. The molecular formula is C27H48F6N3PSn. The summed E-state index contributed by atoms with van der Waals surface area (Å²) in [6.07, 6.45) is 17.7. The van der Waals surface area contributed by atoms with E-state index in [-0.39, 0.29) is 4.70 Å². The molecule has 0 atom stereocenters. The number of benzene rings is 1.